The summed E-state index contributed by atoms with van der Waals surface area (Å²) in [6, 6.07) is 7.24. The number of likely N-dealkylation sites (N-methyl/N-ethyl adjacent to an activating group) is 1. The number of benzene rings is 1. The molecule has 0 unspecified atom stereocenters. The van der Waals surface area contributed by atoms with Gasteiger partial charge in [0.2, 0.25) is 0 Å². The Morgan fingerprint density at radius 3 is 3.10 bits per heavy atom. The van der Waals surface area contributed by atoms with E-state index in [1.165, 1.54) is 24.1 Å². The van der Waals surface area contributed by atoms with E-state index in [-0.39, 0.29) is 5.41 Å². The molecule has 1 saturated heterocycles. The molecule has 3 aliphatic rings. The summed E-state index contributed by atoms with van der Waals surface area (Å²) in [4.78, 5) is 2.52. The second-order valence-corrected chi connectivity index (χ2v) is 6.31. The van der Waals surface area contributed by atoms with E-state index < -0.39 is 0 Å². The summed E-state index contributed by atoms with van der Waals surface area (Å²) in [5.41, 5.74) is 4.87. The highest BCUT2D eigenvalue weighted by molar-refractivity contribution is 5.55. The quantitative estimate of drug-likeness (QED) is 0.775. The molecule has 2 aliphatic carbocycles. The number of allylic oxidation sites excluding steroid dienone is 3. The zero-order chi connectivity index (χ0) is 13.7. The van der Waals surface area contributed by atoms with E-state index in [2.05, 4.69) is 48.4 Å². The normalized spacial score (nSPS) is 31.3. The van der Waals surface area contributed by atoms with Crippen LogP contribution in [0.1, 0.15) is 24.0 Å². The van der Waals surface area contributed by atoms with Crippen molar-refractivity contribution in [3.8, 4) is 5.75 Å². The molecule has 1 heterocycles. The van der Waals surface area contributed by atoms with Crippen LogP contribution < -0.4 is 4.74 Å². The van der Waals surface area contributed by atoms with Crippen LogP contribution in [0.2, 0.25) is 0 Å². The molecule has 2 bridgehead atoms. The van der Waals surface area contributed by atoms with E-state index in [4.69, 9.17) is 4.74 Å². The predicted molar refractivity (Wildman–Crippen MR) is 81.3 cm³/mol. The Hall–Kier alpha value is -1.54. The minimum atomic E-state index is 0.230. The van der Waals surface area contributed by atoms with Crippen LogP contribution >= 0.6 is 0 Å². The lowest BCUT2D eigenvalue weighted by Gasteiger charge is -2.53. The van der Waals surface area contributed by atoms with Crippen LogP contribution in [0.5, 0.6) is 5.75 Å². The molecule has 0 N–H and O–H groups in total. The average molecular weight is 267 g/mol. The molecule has 1 aliphatic heterocycles. The Bertz CT molecular complexity index is 616. The second kappa shape index (κ2) is 4.23. The molecule has 2 nitrogen and oxygen atoms in total. The first kappa shape index (κ1) is 12.2. The lowest BCUT2D eigenvalue weighted by molar-refractivity contribution is 0.167. The van der Waals surface area contributed by atoms with Gasteiger partial charge >= 0.3 is 0 Å². The van der Waals surface area contributed by atoms with E-state index >= 15 is 0 Å². The SMILES string of the molecule is COc1ccc2c(c1)[C@@]13CC=CC=C1[C@@H](C2)N(C)CC3. The molecule has 0 spiro atoms. The van der Waals surface area contributed by atoms with Crippen molar-refractivity contribution in [3.05, 3.63) is 53.1 Å². The Balaban J connectivity index is 1.94. The fourth-order valence-corrected chi connectivity index (χ4v) is 4.34. The van der Waals surface area contributed by atoms with E-state index in [0.717, 1.165) is 18.6 Å². The molecule has 0 amide bonds. The fourth-order valence-electron chi connectivity index (χ4n) is 4.34. The highest BCUT2D eigenvalue weighted by Crippen LogP contribution is 2.52. The van der Waals surface area contributed by atoms with Gasteiger partial charge in [-0.15, -0.1) is 0 Å². The van der Waals surface area contributed by atoms with E-state index in [1.807, 2.05) is 0 Å². The number of rotatable bonds is 1. The number of ether oxygens (including phenoxy) is 1. The maximum atomic E-state index is 5.47. The fraction of sp³-hybridized carbons (Fsp3) is 0.444. The topological polar surface area (TPSA) is 12.5 Å². The highest BCUT2D eigenvalue weighted by Gasteiger charge is 2.48. The van der Waals surface area contributed by atoms with Gasteiger partial charge in [-0.1, -0.05) is 24.3 Å². The Morgan fingerprint density at radius 1 is 1.35 bits per heavy atom. The zero-order valence-corrected chi connectivity index (χ0v) is 12.2. The molecular formula is C18H21NO. The van der Waals surface area contributed by atoms with Gasteiger partial charge in [0.15, 0.2) is 0 Å². The van der Waals surface area contributed by atoms with Gasteiger partial charge < -0.3 is 4.74 Å². The van der Waals surface area contributed by atoms with Crippen molar-refractivity contribution >= 4 is 0 Å². The molecule has 20 heavy (non-hydrogen) atoms. The number of hydrogen-bond donors (Lipinski definition) is 0. The standard InChI is InChI=1S/C18H21NO/c1-19-10-9-18-8-4-3-5-15(18)17(19)11-13-6-7-14(20-2)12-16(13)18/h3-7,12,17H,8-11H2,1-2H3/t17-,18-/m1/s1. The summed E-state index contributed by atoms with van der Waals surface area (Å²) in [6.45, 7) is 1.19. The number of hydrogen-bond acceptors (Lipinski definition) is 2. The van der Waals surface area contributed by atoms with Crippen LogP contribution in [-0.4, -0.2) is 31.6 Å². The first-order valence-corrected chi connectivity index (χ1v) is 7.49. The van der Waals surface area contributed by atoms with Gasteiger partial charge in [-0.2, -0.15) is 0 Å². The van der Waals surface area contributed by atoms with E-state index in [0.29, 0.717) is 6.04 Å². The Morgan fingerprint density at radius 2 is 2.25 bits per heavy atom. The van der Waals surface area contributed by atoms with E-state index in [9.17, 15) is 0 Å². The van der Waals surface area contributed by atoms with Crippen LogP contribution in [0.25, 0.3) is 0 Å². The van der Waals surface area contributed by atoms with Crippen molar-refractivity contribution in [2.45, 2.75) is 30.7 Å². The van der Waals surface area contributed by atoms with Gasteiger partial charge in [0.25, 0.3) is 0 Å². The first-order valence-electron chi connectivity index (χ1n) is 7.49. The lowest BCUT2D eigenvalue weighted by atomic mass is 9.58. The summed E-state index contributed by atoms with van der Waals surface area (Å²) in [7, 11) is 4.03. The molecule has 2 atom stereocenters. The molecule has 2 heteroatoms. The Kier molecular flexibility index (Phi) is 2.58. The van der Waals surface area contributed by atoms with Crippen LogP contribution in [0.4, 0.5) is 0 Å². The van der Waals surface area contributed by atoms with E-state index in [1.54, 1.807) is 12.7 Å². The maximum absolute atomic E-state index is 5.47. The highest BCUT2D eigenvalue weighted by atomic mass is 16.5. The molecule has 1 aromatic rings. The van der Waals surface area contributed by atoms with Gasteiger partial charge in [-0.3, -0.25) is 4.90 Å². The number of nitrogens with zero attached hydrogens (tertiary/aromatic N) is 1. The summed E-state index contributed by atoms with van der Waals surface area (Å²) in [6.07, 6.45) is 10.4. The average Bonchev–Trinajstić information content (AvgIpc) is 2.50. The lowest BCUT2D eigenvalue weighted by Crippen LogP contribution is -2.54. The van der Waals surface area contributed by atoms with Crippen molar-refractivity contribution in [2.24, 2.45) is 0 Å². The number of fused-ring (bicyclic) bond motifs is 1. The van der Waals surface area contributed by atoms with Crippen molar-refractivity contribution in [1.29, 1.82) is 0 Å². The monoisotopic (exact) mass is 267 g/mol. The van der Waals surface area contributed by atoms with Crippen molar-refractivity contribution in [2.75, 3.05) is 20.7 Å². The van der Waals surface area contributed by atoms with Crippen LogP contribution in [0.15, 0.2) is 42.0 Å². The third-order valence-electron chi connectivity index (χ3n) is 5.46. The predicted octanol–water partition coefficient (Wildman–Crippen LogP) is 3.08. The third-order valence-corrected chi connectivity index (χ3v) is 5.46. The van der Waals surface area contributed by atoms with Crippen LogP contribution in [0, 0.1) is 0 Å². The number of likely N-dealkylation sites (tertiary alicyclic amines) is 1. The summed E-state index contributed by atoms with van der Waals surface area (Å²) in [5.74, 6) is 0.990. The summed E-state index contributed by atoms with van der Waals surface area (Å²) >= 11 is 0. The van der Waals surface area contributed by atoms with Gasteiger partial charge in [-0.05, 0) is 61.7 Å². The molecular weight excluding hydrogens is 246 g/mol. The van der Waals surface area contributed by atoms with Gasteiger partial charge in [-0.25, -0.2) is 0 Å². The second-order valence-electron chi connectivity index (χ2n) is 6.31. The summed E-state index contributed by atoms with van der Waals surface area (Å²) < 4.78 is 5.47. The number of piperidine rings is 1. The molecule has 1 fully saturated rings. The molecule has 1 aromatic carbocycles. The minimum absolute atomic E-state index is 0.230. The van der Waals surface area contributed by atoms with Gasteiger partial charge in [0.05, 0.1) is 7.11 Å². The van der Waals surface area contributed by atoms with Gasteiger partial charge in [0.1, 0.15) is 5.75 Å². The maximum Gasteiger partial charge on any atom is 0.119 e. The largest absolute Gasteiger partial charge is 0.497 e. The molecule has 0 aromatic heterocycles. The minimum Gasteiger partial charge on any atom is -0.497 e. The third kappa shape index (κ3) is 1.49. The molecule has 0 radical (unpaired) electrons. The van der Waals surface area contributed by atoms with Crippen LogP contribution in [0.3, 0.4) is 0 Å². The number of methoxy groups -OCH3 is 1. The molecule has 4 rings (SSSR count). The van der Waals surface area contributed by atoms with Gasteiger partial charge in [0, 0.05) is 11.5 Å². The van der Waals surface area contributed by atoms with Crippen molar-refractivity contribution in [1.82, 2.24) is 4.90 Å². The zero-order valence-electron chi connectivity index (χ0n) is 12.2. The van der Waals surface area contributed by atoms with Crippen molar-refractivity contribution < 1.29 is 4.74 Å². The molecule has 104 valence electrons. The van der Waals surface area contributed by atoms with Crippen LogP contribution in [-0.2, 0) is 11.8 Å². The Labute approximate surface area is 120 Å². The first-order chi connectivity index (χ1) is 9.74. The molecule has 0 saturated carbocycles. The summed E-state index contributed by atoms with van der Waals surface area (Å²) in [5, 5.41) is 0. The van der Waals surface area contributed by atoms with Crippen molar-refractivity contribution in [3.63, 3.8) is 0 Å². The smallest absolute Gasteiger partial charge is 0.119 e.